The molecule has 0 atom stereocenters. The van der Waals surface area contributed by atoms with Gasteiger partial charge < -0.3 is 15.7 Å². The van der Waals surface area contributed by atoms with E-state index in [4.69, 9.17) is 5.11 Å². The number of aliphatic carboxylic acids is 1. The summed E-state index contributed by atoms with van der Waals surface area (Å²) in [5.41, 5.74) is 0. The minimum atomic E-state index is -0.802. The topological polar surface area (TPSA) is 78.4 Å². The van der Waals surface area contributed by atoms with Crippen LogP contribution in [0.2, 0.25) is 0 Å². The average molecular weight is 405 g/mol. The third kappa shape index (κ3) is 23.8. The molecule has 0 saturated heterocycles. The van der Waals surface area contributed by atoms with Crippen molar-refractivity contribution >= 4 is 11.9 Å². The number of unbranched alkanes of at least 4 members (excludes halogenated alkanes) is 4. The first-order valence-corrected chi connectivity index (χ1v) is 11.0. The van der Waals surface area contributed by atoms with Gasteiger partial charge in [0, 0.05) is 13.0 Å². The highest BCUT2D eigenvalue weighted by molar-refractivity contribution is 5.75. The Kier molecular flexibility index (Phi) is 20.5. The maximum atomic E-state index is 11.3. The van der Waals surface area contributed by atoms with Crippen molar-refractivity contribution in [3.63, 3.8) is 0 Å². The van der Waals surface area contributed by atoms with Gasteiger partial charge in [-0.15, -0.1) is 0 Å². The van der Waals surface area contributed by atoms with Crippen molar-refractivity contribution in [2.24, 2.45) is 0 Å². The van der Waals surface area contributed by atoms with E-state index in [1.165, 1.54) is 0 Å². The van der Waals surface area contributed by atoms with Gasteiger partial charge in [0.1, 0.15) is 0 Å². The van der Waals surface area contributed by atoms with E-state index in [-0.39, 0.29) is 12.5 Å². The molecule has 0 fully saturated rings. The second kappa shape index (κ2) is 22.2. The quantitative estimate of drug-likeness (QED) is 0.211. The van der Waals surface area contributed by atoms with E-state index < -0.39 is 5.97 Å². The number of carboxylic acid groups (broad SMARTS) is 1. The van der Waals surface area contributed by atoms with E-state index in [1.807, 2.05) is 6.92 Å². The van der Waals surface area contributed by atoms with E-state index in [1.54, 1.807) is 0 Å². The minimum Gasteiger partial charge on any atom is -0.480 e. The van der Waals surface area contributed by atoms with Crippen LogP contribution in [0.25, 0.3) is 0 Å². The molecule has 0 aliphatic heterocycles. The zero-order valence-electron chi connectivity index (χ0n) is 18.1. The summed E-state index contributed by atoms with van der Waals surface area (Å²) in [5, 5.41) is 14.2. The summed E-state index contributed by atoms with van der Waals surface area (Å²) in [7, 11) is 0. The number of rotatable bonds is 19. The normalized spacial score (nSPS) is 12.0. The van der Waals surface area contributed by atoms with E-state index in [0.29, 0.717) is 13.0 Å². The molecule has 164 valence electrons. The van der Waals surface area contributed by atoms with Crippen LogP contribution >= 0.6 is 0 Å². The fourth-order valence-corrected chi connectivity index (χ4v) is 2.59. The van der Waals surface area contributed by atoms with Crippen LogP contribution in [-0.2, 0) is 9.59 Å². The maximum absolute atomic E-state index is 11.3. The lowest BCUT2D eigenvalue weighted by Crippen LogP contribution is -2.23. The lowest BCUT2D eigenvalue weighted by molar-refractivity contribution is -0.136. The van der Waals surface area contributed by atoms with E-state index in [2.05, 4.69) is 59.2 Å². The lowest BCUT2D eigenvalue weighted by atomic mass is 10.1. The molecule has 0 bridgehead atoms. The number of allylic oxidation sites excluding steroid dienone is 8. The van der Waals surface area contributed by atoms with Crippen LogP contribution in [0.5, 0.6) is 0 Å². The van der Waals surface area contributed by atoms with Gasteiger partial charge in [-0.2, -0.15) is 0 Å². The summed E-state index contributed by atoms with van der Waals surface area (Å²) < 4.78 is 0. The van der Waals surface area contributed by atoms with Crippen molar-refractivity contribution in [2.45, 2.75) is 71.1 Å². The Bertz CT molecular complexity index is 522. The molecule has 5 heteroatoms. The SMILES string of the molecule is CCNC(=O)CCCC/C=C\C/C=C\C/C=C\C/C=C\CCCCNCC(=O)O. The molecule has 0 saturated carbocycles. The number of amides is 1. The minimum absolute atomic E-state index is 0.0474. The predicted octanol–water partition coefficient (Wildman–Crippen LogP) is 4.92. The Balaban J connectivity index is 3.42. The van der Waals surface area contributed by atoms with E-state index in [9.17, 15) is 9.59 Å². The number of hydrogen-bond donors (Lipinski definition) is 3. The Labute approximate surface area is 177 Å². The van der Waals surface area contributed by atoms with Crippen LogP contribution in [0.15, 0.2) is 48.6 Å². The fraction of sp³-hybridized carbons (Fsp3) is 0.583. The van der Waals surface area contributed by atoms with Gasteiger partial charge in [0.2, 0.25) is 5.91 Å². The number of carboxylic acids is 1. The van der Waals surface area contributed by atoms with Crippen molar-refractivity contribution < 1.29 is 14.7 Å². The first-order chi connectivity index (χ1) is 14.2. The highest BCUT2D eigenvalue weighted by atomic mass is 16.4. The number of nitrogens with one attached hydrogen (secondary N) is 2. The van der Waals surface area contributed by atoms with Gasteiger partial charge in [-0.1, -0.05) is 48.6 Å². The van der Waals surface area contributed by atoms with Gasteiger partial charge in [0.05, 0.1) is 6.54 Å². The maximum Gasteiger partial charge on any atom is 0.317 e. The molecule has 3 N–H and O–H groups in total. The van der Waals surface area contributed by atoms with Crippen LogP contribution in [0.4, 0.5) is 0 Å². The third-order valence-corrected chi connectivity index (χ3v) is 4.13. The summed E-state index contributed by atoms with van der Waals surface area (Å²) in [6.45, 7) is 3.47. The molecule has 0 heterocycles. The number of hydrogen-bond acceptors (Lipinski definition) is 3. The van der Waals surface area contributed by atoms with Crippen LogP contribution in [-0.4, -0.2) is 36.6 Å². The van der Waals surface area contributed by atoms with Gasteiger partial charge in [0.15, 0.2) is 0 Å². The predicted molar refractivity (Wildman–Crippen MR) is 122 cm³/mol. The Morgan fingerprint density at radius 1 is 0.759 bits per heavy atom. The smallest absolute Gasteiger partial charge is 0.317 e. The Hall–Kier alpha value is -2.14. The van der Waals surface area contributed by atoms with Gasteiger partial charge in [-0.25, -0.2) is 0 Å². The van der Waals surface area contributed by atoms with Gasteiger partial charge >= 0.3 is 5.97 Å². The first kappa shape index (κ1) is 26.9. The van der Waals surface area contributed by atoms with Gasteiger partial charge in [-0.3, -0.25) is 9.59 Å². The summed E-state index contributed by atoms with van der Waals surface area (Å²) in [6.07, 6.45) is 27.2. The molecule has 0 aromatic carbocycles. The second-order valence-electron chi connectivity index (χ2n) is 6.86. The Morgan fingerprint density at radius 2 is 1.28 bits per heavy atom. The van der Waals surface area contributed by atoms with Crippen molar-refractivity contribution in [1.29, 1.82) is 0 Å². The molecule has 0 spiro atoms. The number of carbonyl (C=O) groups is 2. The molecule has 0 aliphatic carbocycles. The average Bonchev–Trinajstić information content (AvgIpc) is 2.69. The van der Waals surface area contributed by atoms with Crippen molar-refractivity contribution in [2.75, 3.05) is 19.6 Å². The zero-order valence-corrected chi connectivity index (χ0v) is 18.1. The molecule has 0 unspecified atom stereocenters. The van der Waals surface area contributed by atoms with Crippen molar-refractivity contribution in [3.8, 4) is 0 Å². The molecule has 0 aliphatic rings. The Morgan fingerprint density at radius 3 is 1.79 bits per heavy atom. The number of carbonyl (C=O) groups excluding carboxylic acids is 1. The molecular weight excluding hydrogens is 364 g/mol. The summed E-state index contributed by atoms with van der Waals surface area (Å²) in [4.78, 5) is 21.6. The summed E-state index contributed by atoms with van der Waals surface area (Å²) in [5.74, 6) is -0.644. The fourth-order valence-electron chi connectivity index (χ4n) is 2.59. The summed E-state index contributed by atoms with van der Waals surface area (Å²) in [6, 6.07) is 0. The first-order valence-electron chi connectivity index (χ1n) is 11.0. The molecule has 29 heavy (non-hydrogen) atoms. The molecule has 0 radical (unpaired) electrons. The summed E-state index contributed by atoms with van der Waals surface area (Å²) >= 11 is 0. The van der Waals surface area contributed by atoms with Crippen LogP contribution in [0.3, 0.4) is 0 Å². The highest BCUT2D eigenvalue weighted by Gasteiger charge is 1.97. The third-order valence-electron chi connectivity index (χ3n) is 4.13. The molecule has 0 rings (SSSR count). The van der Waals surface area contributed by atoms with Crippen LogP contribution in [0.1, 0.15) is 71.1 Å². The molecule has 5 nitrogen and oxygen atoms in total. The second-order valence-corrected chi connectivity index (χ2v) is 6.86. The zero-order chi connectivity index (χ0) is 21.4. The standard InChI is InChI=1S/C24H40N2O3/c1-2-26-23(27)20-18-16-14-12-10-8-6-4-3-5-7-9-11-13-15-17-19-21-25-22-24(28)29/h4-7,10-13,25H,2-3,8-9,14-22H2,1H3,(H,26,27)(H,28,29)/b6-4-,7-5-,12-10-,13-11-. The molecule has 1 amide bonds. The lowest BCUT2D eigenvalue weighted by Gasteiger charge is -2.00. The van der Waals surface area contributed by atoms with Gasteiger partial charge in [-0.05, 0) is 71.3 Å². The molecule has 0 aromatic heterocycles. The van der Waals surface area contributed by atoms with Crippen molar-refractivity contribution in [3.05, 3.63) is 48.6 Å². The molecule has 0 aromatic rings. The van der Waals surface area contributed by atoms with Crippen molar-refractivity contribution in [1.82, 2.24) is 10.6 Å². The van der Waals surface area contributed by atoms with Crippen LogP contribution in [0, 0.1) is 0 Å². The van der Waals surface area contributed by atoms with E-state index >= 15 is 0 Å². The molecular formula is C24H40N2O3. The monoisotopic (exact) mass is 404 g/mol. The largest absolute Gasteiger partial charge is 0.480 e. The van der Waals surface area contributed by atoms with E-state index in [0.717, 1.165) is 64.3 Å². The highest BCUT2D eigenvalue weighted by Crippen LogP contribution is 2.02. The van der Waals surface area contributed by atoms with Crippen LogP contribution < -0.4 is 10.6 Å². The van der Waals surface area contributed by atoms with Gasteiger partial charge in [0.25, 0.3) is 0 Å².